The van der Waals surface area contributed by atoms with Crippen molar-refractivity contribution in [3.63, 3.8) is 0 Å². The molecule has 4 nitrogen and oxygen atoms in total. The minimum atomic E-state index is -0.0387. The first-order valence-corrected chi connectivity index (χ1v) is 5.42. The fourth-order valence-electron chi connectivity index (χ4n) is 1.85. The van der Waals surface area contributed by atoms with Gasteiger partial charge in [-0.15, -0.1) is 11.7 Å². The predicted octanol–water partition coefficient (Wildman–Crippen LogP) is 1.86. The summed E-state index contributed by atoms with van der Waals surface area (Å²) in [6.07, 6.45) is 3.86. The van der Waals surface area contributed by atoms with Gasteiger partial charge in [-0.3, -0.25) is 0 Å². The minimum Gasteiger partial charge on any atom is -0.390 e. The lowest BCUT2D eigenvalue weighted by Crippen LogP contribution is -2.09. The molecular weight excluding hydrogens is 190 g/mol. The zero-order valence-electron chi connectivity index (χ0n) is 9.48. The fraction of sp³-hybridized carbons (Fsp3) is 0.636. The highest BCUT2D eigenvalue weighted by atomic mass is 16.3. The van der Waals surface area contributed by atoms with Gasteiger partial charge in [0.2, 0.25) is 0 Å². The summed E-state index contributed by atoms with van der Waals surface area (Å²) in [6.45, 7) is 8.58. The Hall–Kier alpha value is -1.16. The van der Waals surface area contributed by atoms with Crippen LogP contribution in [-0.4, -0.2) is 20.1 Å². The average Bonchev–Trinajstić information content (AvgIpc) is 2.64. The van der Waals surface area contributed by atoms with E-state index in [2.05, 4.69) is 30.7 Å². The number of aliphatic hydroxyl groups is 1. The van der Waals surface area contributed by atoms with E-state index in [0.29, 0.717) is 18.2 Å². The maximum absolute atomic E-state index is 9.20. The molecule has 1 heterocycles. The molecule has 84 valence electrons. The Morgan fingerprint density at radius 3 is 2.60 bits per heavy atom. The molecule has 0 bridgehead atoms. The van der Waals surface area contributed by atoms with E-state index in [-0.39, 0.29) is 6.61 Å². The first-order valence-electron chi connectivity index (χ1n) is 5.42. The quantitative estimate of drug-likeness (QED) is 0.727. The summed E-state index contributed by atoms with van der Waals surface area (Å²) < 4.78 is 1.83. The second kappa shape index (κ2) is 5.66. The van der Waals surface area contributed by atoms with E-state index in [1.165, 1.54) is 0 Å². The summed E-state index contributed by atoms with van der Waals surface area (Å²) in [5, 5.41) is 17.2. The largest absolute Gasteiger partial charge is 0.390 e. The van der Waals surface area contributed by atoms with Crippen molar-refractivity contribution in [1.29, 1.82) is 0 Å². The number of hydrogen-bond donors (Lipinski definition) is 1. The molecule has 0 atom stereocenters. The molecule has 0 aliphatic heterocycles. The van der Waals surface area contributed by atoms with Gasteiger partial charge in [0, 0.05) is 5.92 Å². The monoisotopic (exact) mass is 209 g/mol. The number of aromatic nitrogens is 3. The molecule has 0 unspecified atom stereocenters. The second-order valence-electron chi connectivity index (χ2n) is 3.56. The van der Waals surface area contributed by atoms with Crippen molar-refractivity contribution in [2.24, 2.45) is 0 Å². The summed E-state index contributed by atoms with van der Waals surface area (Å²) >= 11 is 0. The molecule has 0 saturated heterocycles. The molecule has 0 saturated carbocycles. The van der Waals surface area contributed by atoms with Gasteiger partial charge >= 0.3 is 0 Å². The van der Waals surface area contributed by atoms with Gasteiger partial charge in [-0.1, -0.05) is 25.1 Å². The zero-order valence-corrected chi connectivity index (χ0v) is 9.48. The lowest BCUT2D eigenvalue weighted by atomic mass is 9.97. The molecule has 0 aromatic carbocycles. The number of allylic oxidation sites excluding steroid dienone is 1. The molecule has 1 aromatic heterocycles. The van der Waals surface area contributed by atoms with Crippen LogP contribution in [0.4, 0.5) is 0 Å². The second-order valence-corrected chi connectivity index (χ2v) is 3.56. The van der Waals surface area contributed by atoms with Crippen LogP contribution in [0, 0.1) is 0 Å². The normalized spacial score (nSPS) is 10.9. The SMILES string of the molecule is C=CCn1nnc(CO)c1C(CC)CC. The van der Waals surface area contributed by atoms with E-state index in [0.717, 1.165) is 18.5 Å². The lowest BCUT2D eigenvalue weighted by molar-refractivity contribution is 0.274. The zero-order chi connectivity index (χ0) is 11.3. The van der Waals surface area contributed by atoms with Crippen molar-refractivity contribution < 1.29 is 5.11 Å². The third kappa shape index (κ3) is 2.45. The summed E-state index contributed by atoms with van der Waals surface area (Å²) in [7, 11) is 0. The van der Waals surface area contributed by atoms with Crippen LogP contribution >= 0.6 is 0 Å². The Morgan fingerprint density at radius 1 is 1.47 bits per heavy atom. The fourth-order valence-corrected chi connectivity index (χ4v) is 1.85. The van der Waals surface area contributed by atoms with Gasteiger partial charge in [0.25, 0.3) is 0 Å². The highest BCUT2D eigenvalue weighted by molar-refractivity contribution is 5.15. The van der Waals surface area contributed by atoms with Crippen molar-refractivity contribution in [2.75, 3.05) is 0 Å². The van der Waals surface area contributed by atoms with Crippen LogP contribution in [-0.2, 0) is 13.2 Å². The topological polar surface area (TPSA) is 50.9 Å². The molecular formula is C11H19N3O. The van der Waals surface area contributed by atoms with E-state index in [9.17, 15) is 5.11 Å². The van der Waals surface area contributed by atoms with E-state index < -0.39 is 0 Å². The third-order valence-corrected chi connectivity index (χ3v) is 2.67. The summed E-state index contributed by atoms with van der Waals surface area (Å²) in [5.74, 6) is 0.419. The van der Waals surface area contributed by atoms with Gasteiger partial charge in [-0.25, -0.2) is 4.68 Å². The van der Waals surface area contributed by atoms with E-state index in [1.54, 1.807) is 6.08 Å². The summed E-state index contributed by atoms with van der Waals surface area (Å²) in [4.78, 5) is 0. The first kappa shape index (κ1) is 11.9. The molecule has 0 aliphatic rings. The lowest BCUT2D eigenvalue weighted by Gasteiger charge is -2.14. The van der Waals surface area contributed by atoms with Crippen molar-refractivity contribution in [3.8, 4) is 0 Å². The van der Waals surface area contributed by atoms with Gasteiger partial charge in [0.15, 0.2) is 0 Å². The molecule has 0 fully saturated rings. The Bertz CT molecular complexity index is 316. The Balaban J connectivity index is 3.07. The van der Waals surface area contributed by atoms with Crippen LogP contribution in [0.5, 0.6) is 0 Å². The van der Waals surface area contributed by atoms with Gasteiger partial charge in [0.1, 0.15) is 5.69 Å². The Labute approximate surface area is 90.6 Å². The van der Waals surface area contributed by atoms with Crippen LogP contribution < -0.4 is 0 Å². The van der Waals surface area contributed by atoms with Crippen molar-refractivity contribution >= 4 is 0 Å². The molecule has 1 N–H and O–H groups in total. The minimum absolute atomic E-state index is 0.0387. The van der Waals surface area contributed by atoms with E-state index >= 15 is 0 Å². The smallest absolute Gasteiger partial charge is 0.112 e. The van der Waals surface area contributed by atoms with Crippen molar-refractivity contribution in [3.05, 3.63) is 24.0 Å². The standard InChI is InChI=1S/C11H19N3O/c1-4-7-14-11(9(5-2)6-3)10(8-15)12-13-14/h4,9,15H,1,5-8H2,2-3H3. The van der Waals surface area contributed by atoms with Gasteiger partial charge < -0.3 is 5.11 Å². The number of nitrogens with zero attached hydrogens (tertiary/aromatic N) is 3. The third-order valence-electron chi connectivity index (χ3n) is 2.67. The molecule has 4 heteroatoms. The van der Waals surface area contributed by atoms with Crippen LogP contribution in [0.25, 0.3) is 0 Å². The van der Waals surface area contributed by atoms with Crippen LogP contribution in [0.3, 0.4) is 0 Å². The van der Waals surface area contributed by atoms with Crippen LogP contribution in [0.2, 0.25) is 0 Å². The maximum atomic E-state index is 9.20. The Kier molecular flexibility index (Phi) is 4.49. The highest BCUT2D eigenvalue weighted by Crippen LogP contribution is 2.25. The molecule has 0 amide bonds. The molecule has 1 rings (SSSR count). The predicted molar refractivity (Wildman–Crippen MR) is 59.5 cm³/mol. The Morgan fingerprint density at radius 2 is 2.13 bits per heavy atom. The summed E-state index contributed by atoms with van der Waals surface area (Å²) in [5.41, 5.74) is 1.76. The first-order chi connectivity index (χ1) is 7.28. The maximum Gasteiger partial charge on any atom is 0.112 e. The van der Waals surface area contributed by atoms with Gasteiger partial charge in [0.05, 0.1) is 18.8 Å². The molecule has 0 aliphatic carbocycles. The number of rotatable bonds is 6. The molecule has 15 heavy (non-hydrogen) atoms. The van der Waals surface area contributed by atoms with Crippen LogP contribution in [0.15, 0.2) is 12.7 Å². The number of hydrogen-bond acceptors (Lipinski definition) is 3. The van der Waals surface area contributed by atoms with Gasteiger partial charge in [-0.2, -0.15) is 0 Å². The number of aliphatic hydroxyl groups excluding tert-OH is 1. The van der Waals surface area contributed by atoms with E-state index in [4.69, 9.17) is 0 Å². The molecule has 0 radical (unpaired) electrons. The van der Waals surface area contributed by atoms with Crippen molar-refractivity contribution in [1.82, 2.24) is 15.0 Å². The molecule has 0 spiro atoms. The van der Waals surface area contributed by atoms with Crippen molar-refractivity contribution in [2.45, 2.75) is 45.8 Å². The summed E-state index contributed by atoms with van der Waals surface area (Å²) in [6, 6.07) is 0. The average molecular weight is 209 g/mol. The van der Waals surface area contributed by atoms with Gasteiger partial charge in [-0.05, 0) is 12.8 Å². The highest BCUT2D eigenvalue weighted by Gasteiger charge is 2.18. The molecule has 1 aromatic rings. The van der Waals surface area contributed by atoms with Crippen LogP contribution in [0.1, 0.15) is 44.0 Å². The van der Waals surface area contributed by atoms with E-state index in [1.807, 2.05) is 4.68 Å².